The number of carbonyl (C=O) groups excluding carboxylic acids is 1. The Balaban J connectivity index is 3.64. The zero-order valence-corrected chi connectivity index (χ0v) is 9.75. The largest absolute Gasteiger partial charge is 0.466 e. The summed E-state index contributed by atoms with van der Waals surface area (Å²) in [6.07, 6.45) is 3.22. The summed E-state index contributed by atoms with van der Waals surface area (Å²) in [6, 6.07) is 0. The lowest BCUT2D eigenvalue weighted by molar-refractivity contribution is -0.136. The normalized spacial score (nSPS) is 13.7. The molecule has 88 valence electrons. The van der Waals surface area contributed by atoms with E-state index < -0.39 is 0 Å². The van der Waals surface area contributed by atoms with Crippen molar-refractivity contribution >= 4 is 5.97 Å². The van der Waals surface area contributed by atoms with Gasteiger partial charge in [0.2, 0.25) is 0 Å². The zero-order valence-electron chi connectivity index (χ0n) is 9.75. The lowest BCUT2D eigenvalue weighted by Crippen LogP contribution is -2.27. The molecule has 0 amide bonds. The van der Waals surface area contributed by atoms with E-state index in [1.807, 2.05) is 6.92 Å². The van der Waals surface area contributed by atoms with Gasteiger partial charge in [0.1, 0.15) is 0 Å². The van der Waals surface area contributed by atoms with Crippen molar-refractivity contribution in [1.82, 2.24) is 5.32 Å². The van der Waals surface area contributed by atoms with Gasteiger partial charge < -0.3 is 15.2 Å². The van der Waals surface area contributed by atoms with Crippen LogP contribution in [0.2, 0.25) is 0 Å². The summed E-state index contributed by atoms with van der Waals surface area (Å²) in [7, 11) is 1.36. The molecular weight excluding hydrogens is 194 g/mol. The predicted octanol–water partition coefficient (Wildman–Crippen LogP) is 0.856. The van der Waals surface area contributed by atoms with E-state index in [0.717, 1.165) is 12.8 Å². The van der Waals surface area contributed by atoms with Crippen LogP contribution in [0.3, 0.4) is 0 Å². The minimum Gasteiger partial charge on any atom is -0.466 e. The molecule has 2 N–H and O–H groups in total. The van der Waals surface area contributed by atoms with Crippen LogP contribution in [0.5, 0.6) is 0 Å². The van der Waals surface area contributed by atoms with Gasteiger partial charge in [0.25, 0.3) is 0 Å². The van der Waals surface area contributed by atoms with Gasteiger partial charge in [-0.2, -0.15) is 0 Å². The summed E-state index contributed by atoms with van der Waals surface area (Å²) >= 11 is 0. The molecule has 0 saturated carbocycles. The average Bonchev–Trinajstić information content (AvgIpc) is 2.23. The first kappa shape index (κ1) is 14.1. The van der Waals surface area contributed by atoms with E-state index in [9.17, 15) is 9.90 Å². The summed E-state index contributed by atoms with van der Waals surface area (Å²) in [5, 5.41) is 12.4. The van der Waals surface area contributed by atoms with Crippen molar-refractivity contribution in [2.75, 3.05) is 20.2 Å². The number of esters is 1. The molecule has 0 aromatic rings. The van der Waals surface area contributed by atoms with Crippen LogP contribution in [-0.4, -0.2) is 37.4 Å². The van der Waals surface area contributed by atoms with E-state index >= 15 is 0 Å². The van der Waals surface area contributed by atoms with E-state index in [2.05, 4.69) is 10.1 Å². The van der Waals surface area contributed by atoms with Crippen LogP contribution in [0.15, 0.2) is 11.6 Å². The molecule has 0 aliphatic rings. The number of ether oxygens (including phenoxy) is 1. The smallest absolute Gasteiger partial charge is 0.333 e. The molecule has 1 unspecified atom stereocenters. The van der Waals surface area contributed by atoms with Crippen LogP contribution < -0.4 is 5.32 Å². The predicted molar refractivity (Wildman–Crippen MR) is 59.6 cm³/mol. The minimum atomic E-state index is -0.314. The molecule has 0 radical (unpaired) electrons. The molecular formula is C11H21NO3. The Morgan fingerprint density at radius 1 is 1.60 bits per heavy atom. The summed E-state index contributed by atoms with van der Waals surface area (Å²) in [4.78, 5) is 11.0. The summed E-state index contributed by atoms with van der Waals surface area (Å²) in [5.41, 5.74) is 0.579. The van der Waals surface area contributed by atoms with Crippen molar-refractivity contribution in [3.8, 4) is 0 Å². The second-order valence-electron chi connectivity index (χ2n) is 3.48. The van der Waals surface area contributed by atoms with Crippen molar-refractivity contribution in [2.45, 2.75) is 32.8 Å². The maximum atomic E-state index is 11.0. The molecule has 0 aromatic carbocycles. The van der Waals surface area contributed by atoms with Gasteiger partial charge >= 0.3 is 5.97 Å². The van der Waals surface area contributed by atoms with Gasteiger partial charge in [0, 0.05) is 18.7 Å². The molecule has 1 atom stereocenters. The number of rotatable bonds is 7. The summed E-state index contributed by atoms with van der Waals surface area (Å²) in [5.74, 6) is -0.314. The van der Waals surface area contributed by atoms with Gasteiger partial charge in [-0.05, 0) is 13.3 Å². The van der Waals surface area contributed by atoms with Crippen molar-refractivity contribution < 1.29 is 14.6 Å². The number of methoxy groups -OCH3 is 1. The molecule has 0 aromatic heterocycles. The van der Waals surface area contributed by atoms with Crippen LogP contribution in [0, 0.1) is 0 Å². The standard InChI is InChI=1S/C11H21NO3/c1-4-5-10(13)8-12-7-6-9(2)11(14)15-3/h6,10,12-13H,4-5,7-8H2,1-3H3/b9-6-. The van der Waals surface area contributed by atoms with E-state index in [4.69, 9.17) is 0 Å². The number of aliphatic hydroxyl groups is 1. The van der Waals surface area contributed by atoms with E-state index in [1.54, 1.807) is 13.0 Å². The fourth-order valence-corrected chi connectivity index (χ4v) is 1.15. The van der Waals surface area contributed by atoms with Crippen LogP contribution in [0.1, 0.15) is 26.7 Å². The molecule has 0 bridgehead atoms. The molecule has 0 rings (SSSR count). The molecule has 0 heterocycles. The lowest BCUT2D eigenvalue weighted by Gasteiger charge is -2.09. The van der Waals surface area contributed by atoms with Crippen molar-refractivity contribution in [2.24, 2.45) is 0 Å². The number of aliphatic hydroxyl groups excluding tert-OH is 1. The Labute approximate surface area is 91.3 Å². The molecule has 0 spiro atoms. The minimum absolute atomic E-state index is 0.304. The fourth-order valence-electron chi connectivity index (χ4n) is 1.15. The number of nitrogens with one attached hydrogen (secondary N) is 1. The molecule has 4 heteroatoms. The van der Waals surface area contributed by atoms with Crippen LogP contribution in [-0.2, 0) is 9.53 Å². The Bertz CT molecular complexity index is 214. The van der Waals surface area contributed by atoms with Gasteiger partial charge in [-0.15, -0.1) is 0 Å². The summed E-state index contributed by atoms with van der Waals surface area (Å²) < 4.78 is 4.54. The molecule has 0 fully saturated rings. The Morgan fingerprint density at radius 2 is 2.27 bits per heavy atom. The topological polar surface area (TPSA) is 58.6 Å². The zero-order chi connectivity index (χ0) is 11.7. The lowest BCUT2D eigenvalue weighted by atomic mass is 10.2. The molecule has 0 aliphatic carbocycles. The number of hydrogen-bond acceptors (Lipinski definition) is 4. The third-order valence-corrected chi connectivity index (χ3v) is 2.06. The maximum Gasteiger partial charge on any atom is 0.333 e. The first-order valence-corrected chi connectivity index (χ1v) is 5.25. The molecule has 4 nitrogen and oxygen atoms in total. The highest BCUT2D eigenvalue weighted by Crippen LogP contribution is 1.95. The second-order valence-corrected chi connectivity index (χ2v) is 3.48. The van der Waals surface area contributed by atoms with Crippen LogP contribution in [0.25, 0.3) is 0 Å². The van der Waals surface area contributed by atoms with E-state index in [0.29, 0.717) is 18.7 Å². The first-order chi connectivity index (χ1) is 7.11. The SMILES string of the molecule is CCCC(O)CNC/C=C(/C)C(=O)OC. The van der Waals surface area contributed by atoms with Gasteiger partial charge in [0.15, 0.2) is 0 Å². The Morgan fingerprint density at radius 3 is 2.80 bits per heavy atom. The fraction of sp³-hybridized carbons (Fsp3) is 0.727. The van der Waals surface area contributed by atoms with Crippen molar-refractivity contribution in [1.29, 1.82) is 0 Å². The van der Waals surface area contributed by atoms with E-state index in [-0.39, 0.29) is 12.1 Å². The first-order valence-electron chi connectivity index (χ1n) is 5.25. The number of hydrogen-bond donors (Lipinski definition) is 2. The van der Waals surface area contributed by atoms with Gasteiger partial charge in [0.05, 0.1) is 13.2 Å². The maximum absolute atomic E-state index is 11.0. The number of carbonyl (C=O) groups is 1. The molecule has 15 heavy (non-hydrogen) atoms. The van der Waals surface area contributed by atoms with Gasteiger partial charge in [-0.25, -0.2) is 4.79 Å². The monoisotopic (exact) mass is 215 g/mol. The highest BCUT2D eigenvalue weighted by Gasteiger charge is 2.03. The van der Waals surface area contributed by atoms with Gasteiger partial charge in [-0.3, -0.25) is 0 Å². The summed E-state index contributed by atoms with van der Waals surface area (Å²) in [6.45, 7) is 4.86. The van der Waals surface area contributed by atoms with E-state index in [1.165, 1.54) is 7.11 Å². The van der Waals surface area contributed by atoms with Crippen molar-refractivity contribution in [3.05, 3.63) is 11.6 Å². The van der Waals surface area contributed by atoms with Crippen LogP contribution >= 0.6 is 0 Å². The quantitative estimate of drug-likeness (QED) is 0.375. The van der Waals surface area contributed by atoms with Crippen molar-refractivity contribution in [3.63, 3.8) is 0 Å². The molecule has 0 saturated heterocycles. The highest BCUT2D eigenvalue weighted by molar-refractivity contribution is 5.87. The highest BCUT2D eigenvalue weighted by atomic mass is 16.5. The Kier molecular flexibility index (Phi) is 7.95. The second kappa shape index (κ2) is 8.44. The van der Waals surface area contributed by atoms with Gasteiger partial charge in [-0.1, -0.05) is 19.4 Å². The molecule has 0 aliphatic heterocycles. The average molecular weight is 215 g/mol. The Hall–Kier alpha value is -0.870. The third kappa shape index (κ3) is 7.11. The van der Waals surface area contributed by atoms with Crippen LogP contribution in [0.4, 0.5) is 0 Å². The third-order valence-electron chi connectivity index (χ3n) is 2.06.